The van der Waals surface area contributed by atoms with Gasteiger partial charge < -0.3 is 10.6 Å². The smallest absolute Gasteiger partial charge is 0.244 e. The average molecular weight is 348 g/mol. The molecule has 1 aromatic rings. The molecule has 0 aliphatic carbocycles. The highest BCUT2D eigenvalue weighted by Gasteiger charge is 2.39. The SMILES string of the molecule is CCC1(C(=O)Nc2ccc(Br)cc2C)CCCN1.Cl. The summed E-state index contributed by atoms with van der Waals surface area (Å²) in [5.74, 6) is 0.0907. The summed E-state index contributed by atoms with van der Waals surface area (Å²) in [5.41, 5.74) is 1.59. The number of benzene rings is 1. The molecule has 0 radical (unpaired) electrons. The largest absolute Gasteiger partial charge is 0.324 e. The number of halogens is 2. The number of rotatable bonds is 3. The number of carbonyl (C=O) groups excluding carboxylic acids is 1. The van der Waals surface area contributed by atoms with E-state index in [1.807, 2.05) is 25.1 Å². The number of aryl methyl sites for hydroxylation is 1. The summed E-state index contributed by atoms with van der Waals surface area (Å²) < 4.78 is 1.03. The minimum atomic E-state index is -0.375. The molecule has 2 N–H and O–H groups in total. The normalized spacial score (nSPS) is 21.8. The Morgan fingerprint density at radius 1 is 1.53 bits per heavy atom. The molecule has 1 saturated heterocycles. The summed E-state index contributed by atoms with van der Waals surface area (Å²) in [6.45, 7) is 4.99. The van der Waals surface area contributed by atoms with E-state index in [-0.39, 0.29) is 23.9 Å². The molecule has 0 bridgehead atoms. The average Bonchev–Trinajstić information content (AvgIpc) is 2.82. The van der Waals surface area contributed by atoms with Crippen molar-refractivity contribution in [3.05, 3.63) is 28.2 Å². The van der Waals surface area contributed by atoms with Crippen LogP contribution in [-0.2, 0) is 4.79 Å². The fourth-order valence-corrected chi connectivity index (χ4v) is 2.95. The van der Waals surface area contributed by atoms with Crippen LogP contribution >= 0.6 is 28.3 Å². The Balaban J connectivity index is 0.00000180. The molecule has 2 rings (SSSR count). The first-order chi connectivity index (χ1) is 8.57. The van der Waals surface area contributed by atoms with Crippen LogP contribution in [0.1, 0.15) is 31.7 Å². The molecule has 0 aromatic heterocycles. The highest BCUT2D eigenvalue weighted by Crippen LogP contribution is 2.26. The molecule has 1 fully saturated rings. The van der Waals surface area contributed by atoms with Gasteiger partial charge in [0.15, 0.2) is 0 Å². The first-order valence-electron chi connectivity index (χ1n) is 6.40. The third-order valence-corrected chi connectivity index (χ3v) is 4.21. The second kappa shape index (κ2) is 6.73. The predicted molar refractivity (Wildman–Crippen MR) is 85.0 cm³/mol. The van der Waals surface area contributed by atoms with Crippen molar-refractivity contribution in [3.63, 3.8) is 0 Å². The van der Waals surface area contributed by atoms with Gasteiger partial charge in [0, 0.05) is 10.2 Å². The van der Waals surface area contributed by atoms with Crippen molar-refractivity contribution in [1.29, 1.82) is 0 Å². The highest BCUT2D eigenvalue weighted by molar-refractivity contribution is 9.10. The number of amides is 1. The second-order valence-electron chi connectivity index (χ2n) is 4.88. The maximum absolute atomic E-state index is 12.4. The molecule has 19 heavy (non-hydrogen) atoms. The van der Waals surface area contributed by atoms with Gasteiger partial charge in [0.2, 0.25) is 5.91 Å². The number of hydrogen-bond acceptors (Lipinski definition) is 2. The fourth-order valence-electron chi connectivity index (χ4n) is 2.47. The van der Waals surface area contributed by atoms with Crippen LogP contribution in [0.4, 0.5) is 5.69 Å². The lowest BCUT2D eigenvalue weighted by Crippen LogP contribution is -2.50. The zero-order valence-corrected chi connectivity index (χ0v) is 13.7. The molecule has 1 aliphatic heterocycles. The second-order valence-corrected chi connectivity index (χ2v) is 5.80. The van der Waals surface area contributed by atoms with Crippen molar-refractivity contribution in [3.8, 4) is 0 Å². The number of carbonyl (C=O) groups is 1. The lowest BCUT2D eigenvalue weighted by molar-refractivity contribution is -0.122. The maximum atomic E-state index is 12.4. The monoisotopic (exact) mass is 346 g/mol. The molecule has 0 saturated carbocycles. The molecular formula is C14H20BrClN2O. The van der Waals surface area contributed by atoms with E-state index in [4.69, 9.17) is 0 Å². The number of anilines is 1. The van der Waals surface area contributed by atoms with Crippen LogP contribution < -0.4 is 10.6 Å². The van der Waals surface area contributed by atoms with Gasteiger partial charge >= 0.3 is 0 Å². The molecule has 5 heteroatoms. The van der Waals surface area contributed by atoms with Gasteiger partial charge in [-0.15, -0.1) is 12.4 Å². The molecule has 3 nitrogen and oxygen atoms in total. The van der Waals surface area contributed by atoms with Crippen molar-refractivity contribution in [1.82, 2.24) is 5.32 Å². The Bertz CT molecular complexity index is 459. The van der Waals surface area contributed by atoms with E-state index in [1.165, 1.54) is 0 Å². The molecule has 1 amide bonds. The Morgan fingerprint density at radius 3 is 2.79 bits per heavy atom. The molecule has 1 heterocycles. The third-order valence-electron chi connectivity index (χ3n) is 3.72. The van der Waals surface area contributed by atoms with Crippen LogP contribution in [0, 0.1) is 6.92 Å². The van der Waals surface area contributed by atoms with Gasteiger partial charge in [-0.05, 0) is 56.5 Å². The quantitative estimate of drug-likeness (QED) is 0.876. The Hall–Kier alpha value is -0.580. The van der Waals surface area contributed by atoms with Gasteiger partial charge in [-0.2, -0.15) is 0 Å². The van der Waals surface area contributed by atoms with Gasteiger partial charge in [-0.3, -0.25) is 4.79 Å². The van der Waals surface area contributed by atoms with Gasteiger partial charge in [-0.1, -0.05) is 22.9 Å². The van der Waals surface area contributed by atoms with Crippen LogP contribution in [0.25, 0.3) is 0 Å². The number of nitrogens with one attached hydrogen (secondary N) is 2. The molecule has 1 atom stereocenters. The van der Waals surface area contributed by atoms with Crippen molar-refractivity contribution < 1.29 is 4.79 Å². The summed E-state index contributed by atoms with van der Waals surface area (Å²) in [5, 5.41) is 6.40. The van der Waals surface area contributed by atoms with E-state index < -0.39 is 0 Å². The van der Waals surface area contributed by atoms with Gasteiger partial charge in [-0.25, -0.2) is 0 Å². The van der Waals surface area contributed by atoms with Crippen LogP contribution in [0.2, 0.25) is 0 Å². The standard InChI is InChI=1S/C14H19BrN2O.ClH/c1-3-14(7-4-8-16-14)13(18)17-12-6-5-11(15)9-10(12)2;/h5-6,9,16H,3-4,7-8H2,1-2H3,(H,17,18);1H. The molecule has 0 spiro atoms. The summed E-state index contributed by atoms with van der Waals surface area (Å²) in [7, 11) is 0. The number of hydrogen-bond donors (Lipinski definition) is 2. The van der Waals surface area contributed by atoms with E-state index in [1.54, 1.807) is 0 Å². The minimum Gasteiger partial charge on any atom is -0.324 e. The van der Waals surface area contributed by atoms with Crippen molar-refractivity contribution in [2.45, 2.75) is 38.6 Å². The molecule has 1 aliphatic rings. The zero-order chi connectivity index (χ0) is 13.2. The summed E-state index contributed by atoms with van der Waals surface area (Å²) in [6, 6.07) is 5.90. The van der Waals surface area contributed by atoms with Crippen LogP contribution in [0.3, 0.4) is 0 Å². The van der Waals surface area contributed by atoms with E-state index in [0.717, 1.165) is 41.5 Å². The lowest BCUT2D eigenvalue weighted by atomic mass is 9.93. The summed E-state index contributed by atoms with van der Waals surface area (Å²) >= 11 is 3.43. The van der Waals surface area contributed by atoms with Crippen LogP contribution in [0.5, 0.6) is 0 Å². The fraction of sp³-hybridized carbons (Fsp3) is 0.500. The summed E-state index contributed by atoms with van der Waals surface area (Å²) in [4.78, 5) is 12.4. The van der Waals surface area contributed by atoms with Crippen molar-refractivity contribution in [2.24, 2.45) is 0 Å². The van der Waals surface area contributed by atoms with Gasteiger partial charge in [0.25, 0.3) is 0 Å². The lowest BCUT2D eigenvalue weighted by Gasteiger charge is -2.27. The molecule has 1 aromatic carbocycles. The Morgan fingerprint density at radius 2 is 2.26 bits per heavy atom. The van der Waals surface area contributed by atoms with E-state index in [9.17, 15) is 4.79 Å². The van der Waals surface area contributed by atoms with E-state index in [2.05, 4.69) is 33.5 Å². The maximum Gasteiger partial charge on any atom is 0.244 e. The van der Waals surface area contributed by atoms with Crippen LogP contribution in [-0.4, -0.2) is 18.0 Å². The minimum absolute atomic E-state index is 0. The third kappa shape index (κ3) is 3.50. The van der Waals surface area contributed by atoms with Crippen molar-refractivity contribution >= 4 is 39.9 Å². The molecule has 1 unspecified atom stereocenters. The summed E-state index contributed by atoms with van der Waals surface area (Å²) in [6.07, 6.45) is 2.82. The molecular weight excluding hydrogens is 328 g/mol. The Labute approximate surface area is 129 Å². The van der Waals surface area contributed by atoms with Crippen LogP contribution in [0.15, 0.2) is 22.7 Å². The first kappa shape index (κ1) is 16.5. The van der Waals surface area contributed by atoms with Gasteiger partial charge in [0.1, 0.15) is 0 Å². The molecule has 106 valence electrons. The highest BCUT2D eigenvalue weighted by atomic mass is 79.9. The van der Waals surface area contributed by atoms with Crippen molar-refractivity contribution in [2.75, 3.05) is 11.9 Å². The van der Waals surface area contributed by atoms with Gasteiger partial charge in [0.05, 0.1) is 5.54 Å². The zero-order valence-electron chi connectivity index (χ0n) is 11.3. The topological polar surface area (TPSA) is 41.1 Å². The first-order valence-corrected chi connectivity index (χ1v) is 7.19. The Kier molecular flexibility index (Phi) is 5.83. The van der Waals surface area contributed by atoms with E-state index >= 15 is 0 Å². The predicted octanol–water partition coefficient (Wildman–Crippen LogP) is 3.65. The van der Waals surface area contributed by atoms with E-state index in [0.29, 0.717) is 0 Å².